The maximum Gasteiger partial charge on any atom is 0.435 e. The molecule has 0 saturated heterocycles. The average molecular weight is 345 g/mol. The van der Waals surface area contributed by atoms with E-state index in [4.69, 9.17) is 11.6 Å². The Balaban J connectivity index is 2.43. The van der Waals surface area contributed by atoms with Gasteiger partial charge in [0.25, 0.3) is 0 Å². The normalized spacial score (nSPS) is 12.0. The van der Waals surface area contributed by atoms with Gasteiger partial charge in [0.05, 0.1) is 10.7 Å². The maximum atomic E-state index is 13.0. The van der Waals surface area contributed by atoms with E-state index in [1.54, 1.807) is 0 Å². The number of nitrogens with zero attached hydrogens (tertiary/aromatic N) is 3. The van der Waals surface area contributed by atoms with E-state index in [2.05, 4.69) is 15.1 Å². The van der Waals surface area contributed by atoms with Crippen LogP contribution in [0.15, 0.2) is 23.3 Å². The number of pyridine rings is 2. The van der Waals surface area contributed by atoms with Crippen molar-refractivity contribution in [1.29, 1.82) is 0 Å². The zero-order chi connectivity index (χ0) is 16.9. The lowest BCUT2D eigenvalue weighted by Gasteiger charge is -2.08. The number of aromatic hydroxyl groups is 1. The minimum absolute atomic E-state index is 0.105. The van der Waals surface area contributed by atoms with Gasteiger partial charge in [-0.1, -0.05) is 11.6 Å². The molecule has 10 heteroatoms. The van der Waals surface area contributed by atoms with Crippen LogP contribution in [0.1, 0.15) is 5.69 Å². The van der Waals surface area contributed by atoms with E-state index in [0.29, 0.717) is 0 Å². The number of hydrogen-bond acceptors (Lipinski definition) is 4. The molecule has 3 rings (SSSR count). The highest BCUT2D eigenvalue weighted by Crippen LogP contribution is 2.36. The third kappa shape index (κ3) is 2.33. The number of halogens is 4. The first-order valence-corrected chi connectivity index (χ1v) is 6.58. The molecule has 2 N–H and O–H groups in total. The Hall–Kier alpha value is -2.55. The molecule has 6 nitrogen and oxygen atoms in total. The smallest absolute Gasteiger partial charge is 0.435 e. The molecular weight excluding hydrogens is 337 g/mol. The van der Waals surface area contributed by atoms with Crippen LogP contribution in [0.4, 0.5) is 13.2 Å². The van der Waals surface area contributed by atoms with Gasteiger partial charge in [0.15, 0.2) is 11.4 Å². The molecule has 0 bridgehead atoms. The Kier molecular flexibility index (Phi) is 3.33. The van der Waals surface area contributed by atoms with E-state index in [-0.39, 0.29) is 21.9 Å². The van der Waals surface area contributed by atoms with Crippen LogP contribution < -0.4 is 5.43 Å². The number of aromatic amines is 1. The number of nitrogens with one attached hydrogen (secondary N) is 1. The number of aryl methyl sites for hydroxylation is 1. The fraction of sp³-hybridized carbons (Fsp3) is 0.154. The van der Waals surface area contributed by atoms with E-state index in [9.17, 15) is 23.1 Å². The first-order chi connectivity index (χ1) is 10.7. The molecule has 0 unspecified atom stereocenters. The van der Waals surface area contributed by atoms with Crippen LogP contribution in [0.5, 0.6) is 5.75 Å². The second-order valence-corrected chi connectivity index (χ2v) is 5.13. The van der Waals surface area contributed by atoms with Crippen LogP contribution in [0.25, 0.3) is 22.3 Å². The topological polar surface area (TPSA) is 83.8 Å². The van der Waals surface area contributed by atoms with Crippen LogP contribution in [-0.2, 0) is 13.2 Å². The van der Waals surface area contributed by atoms with Crippen molar-refractivity contribution >= 4 is 22.6 Å². The molecule has 0 aliphatic carbocycles. The van der Waals surface area contributed by atoms with E-state index < -0.39 is 28.4 Å². The van der Waals surface area contributed by atoms with Gasteiger partial charge in [-0.15, -0.1) is 0 Å². The molecule has 0 atom stereocenters. The maximum absolute atomic E-state index is 13.0. The summed E-state index contributed by atoms with van der Waals surface area (Å²) >= 11 is 5.95. The minimum atomic E-state index is -4.82. The van der Waals surface area contributed by atoms with Crippen LogP contribution in [0, 0.1) is 0 Å². The van der Waals surface area contributed by atoms with Crippen molar-refractivity contribution in [3.63, 3.8) is 0 Å². The van der Waals surface area contributed by atoms with Crippen molar-refractivity contribution in [3.8, 4) is 17.0 Å². The van der Waals surface area contributed by atoms with Crippen LogP contribution >= 0.6 is 11.6 Å². The number of fused-ring (bicyclic) bond motifs is 1. The molecule has 0 spiro atoms. The third-order valence-electron chi connectivity index (χ3n) is 3.28. The molecule has 0 aliphatic rings. The van der Waals surface area contributed by atoms with Crippen molar-refractivity contribution in [2.45, 2.75) is 6.18 Å². The first-order valence-electron chi connectivity index (χ1n) is 6.21. The summed E-state index contributed by atoms with van der Waals surface area (Å²) in [5.41, 5.74) is -2.59. The number of H-pyrrole nitrogens is 1. The van der Waals surface area contributed by atoms with E-state index in [0.717, 1.165) is 4.68 Å². The first kappa shape index (κ1) is 15.3. The Morgan fingerprint density at radius 1 is 1.39 bits per heavy atom. The number of aromatic nitrogens is 4. The van der Waals surface area contributed by atoms with Gasteiger partial charge in [-0.3, -0.25) is 14.5 Å². The summed E-state index contributed by atoms with van der Waals surface area (Å²) < 4.78 is 39.9. The van der Waals surface area contributed by atoms with Gasteiger partial charge in [-0.25, -0.2) is 0 Å². The molecule has 0 saturated carbocycles. The van der Waals surface area contributed by atoms with Gasteiger partial charge in [-0.05, 0) is 6.07 Å². The van der Waals surface area contributed by atoms with Gasteiger partial charge in [-0.2, -0.15) is 18.3 Å². The predicted molar refractivity (Wildman–Crippen MR) is 76.2 cm³/mol. The molecule has 0 amide bonds. The summed E-state index contributed by atoms with van der Waals surface area (Å²) in [4.78, 5) is 18.6. The lowest BCUT2D eigenvalue weighted by Crippen LogP contribution is -2.12. The predicted octanol–water partition coefficient (Wildman–Crippen LogP) is 2.70. The van der Waals surface area contributed by atoms with Crippen LogP contribution in [-0.4, -0.2) is 24.9 Å². The van der Waals surface area contributed by atoms with E-state index in [1.165, 1.54) is 25.5 Å². The van der Waals surface area contributed by atoms with Crippen molar-refractivity contribution < 1.29 is 18.3 Å². The van der Waals surface area contributed by atoms with Crippen molar-refractivity contribution in [2.24, 2.45) is 7.05 Å². The lowest BCUT2D eigenvalue weighted by molar-refractivity contribution is -0.140. The quantitative estimate of drug-likeness (QED) is 0.711. The number of hydrogen-bond donors (Lipinski definition) is 2. The summed E-state index contributed by atoms with van der Waals surface area (Å²) in [6, 6.07) is 1.42. The zero-order valence-corrected chi connectivity index (χ0v) is 12.2. The Labute approximate surface area is 131 Å². The molecule has 0 aromatic carbocycles. The Bertz CT molecular complexity index is 978. The molecule has 0 fully saturated rings. The lowest BCUT2D eigenvalue weighted by atomic mass is 10.1. The summed E-state index contributed by atoms with van der Waals surface area (Å²) in [5.74, 6) is -0.871. The monoisotopic (exact) mass is 344 g/mol. The molecule has 0 radical (unpaired) electrons. The van der Waals surface area contributed by atoms with E-state index in [1.807, 2.05) is 0 Å². The fourth-order valence-corrected chi connectivity index (χ4v) is 2.48. The van der Waals surface area contributed by atoms with Crippen molar-refractivity contribution in [1.82, 2.24) is 19.7 Å². The summed E-state index contributed by atoms with van der Waals surface area (Å²) in [6.45, 7) is 0. The summed E-state index contributed by atoms with van der Waals surface area (Å²) in [7, 11) is 1.25. The van der Waals surface area contributed by atoms with Crippen molar-refractivity contribution in [3.05, 3.63) is 39.4 Å². The van der Waals surface area contributed by atoms with Gasteiger partial charge in [0.1, 0.15) is 11.0 Å². The second kappa shape index (κ2) is 4.98. The number of rotatable bonds is 1. The van der Waals surface area contributed by atoms with Gasteiger partial charge < -0.3 is 10.1 Å². The summed E-state index contributed by atoms with van der Waals surface area (Å²) in [5, 5.41) is 12.8. The Morgan fingerprint density at radius 2 is 2.09 bits per heavy atom. The van der Waals surface area contributed by atoms with Gasteiger partial charge in [0.2, 0.25) is 5.43 Å². The molecule has 3 heterocycles. The largest absolute Gasteiger partial charge is 0.503 e. The van der Waals surface area contributed by atoms with Gasteiger partial charge >= 0.3 is 6.18 Å². The van der Waals surface area contributed by atoms with Gasteiger partial charge in [0, 0.05) is 25.0 Å². The van der Waals surface area contributed by atoms with Crippen molar-refractivity contribution in [2.75, 3.05) is 0 Å². The molecule has 3 aromatic heterocycles. The molecule has 3 aromatic rings. The standard InChI is InChI=1S/C13H8ClF3N4O2/c1-21-12-7(11(20-21)13(15,16)17)9(22)10(23)8(19-12)5-2-3-18-4-6(5)14/h2-4,23H,1H3,(H,19,22). The highest BCUT2D eigenvalue weighted by Gasteiger charge is 2.38. The van der Waals surface area contributed by atoms with Crippen LogP contribution in [0.2, 0.25) is 5.02 Å². The fourth-order valence-electron chi connectivity index (χ4n) is 2.26. The molecule has 0 aliphatic heterocycles. The summed E-state index contributed by atoms with van der Waals surface area (Å²) in [6.07, 6.45) is -2.18. The average Bonchev–Trinajstić information content (AvgIpc) is 2.81. The van der Waals surface area contributed by atoms with Crippen LogP contribution in [0.3, 0.4) is 0 Å². The second-order valence-electron chi connectivity index (χ2n) is 4.73. The number of alkyl halides is 3. The molecular formula is C13H8ClF3N4O2. The highest BCUT2D eigenvalue weighted by molar-refractivity contribution is 6.33. The Morgan fingerprint density at radius 3 is 2.70 bits per heavy atom. The SMILES string of the molecule is Cn1nc(C(F)(F)F)c2c(=O)c(O)c(-c3ccncc3Cl)[nH]c21. The highest BCUT2D eigenvalue weighted by atomic mass is 35.5. The molecule has 120 valence electrons. The third-order valence-corrected chi connectivity index (χ3v) is 3.58. The minimum Gasteiger partial charge on any atom is -0.503 e. The van der Waals surface area contributed by atoms with E-state index >= 15 is 0 Å². The zero-order valence-electron chi connectivity index (χ0n) is 11.4. The molecule has 23 heavy (non-hydrogen) atoms.